The summed E-state index contributed by atoms with van der Waals surface area (Å²) in [5.74, 6) is 2.50. The summed E-state index contributed by atoms with van der Waals surface area (Å²) >= 11 is 5.96. The second kappa shape index (κ2) is 6.80. The summed E-state index contributed by atoms with van der Waals surface area (Å²) in [6.07, 6.45) is 2.66. The molecule has 17 heavy (non-hydrogen) atoms. The Kier molecular flexibility index (Phi) is 5.69. The molecule has 0 aliphatic carbocycles. The number of hydrogen-bond acceptors (Lipinski definition) is 3. The van der Waals surface area contributed by atoms with E-state index in [1.54, 1.807) is 6.33 Å². The monoisotopic (exact) mass is 255 g/mol. The molecule has 0 radical (unpaired) electrons. The van der Waals surface area contributed by atoms with Gasteiger partial charge in [0.2, 0.25) is 0 Å². The van der Waals surface area contributed by atoms with Gasteiger partial charge in [-0.3, -0.25) is 0 Å². The van der Waals surface area contributed by atoms with Gasteiger partial charge in [-0.25, -0.2) is 9.97 Å². The Morgan fingerprint density at radius 1 is 1.24 bits per heavy atom. The molecule has 1 rings (SSSR count). The number of alkyl halides is 1. The van der Waals surface area contributed by atoms with Crippen LogP contribution >= 0.6 is 11.6 Å². The van der Waals surface area contributed by atoms with Crippen LogP contribution in [0.4, 0.5) is 5.82 Å². The highest BCUT2D eigenvalue weighted by Gasteiger charge is 2.11. The molecule has 1 unspecified atom stereocenters. The average Bonchev–Trinajstić information content (AvgIpc) is 2.28. The van der Waals surface area contributed by atoms with E-state index in [-0.39, 0.29) is 6.04 Å². The van der Waals surface area contributed by atoms with E-state index in [4.69, 9.17) is 11.6 Å². The Bertz CT molecular complexity index is 339. The molecule has 0 aliphatic rings. The Morgan fingerprint density at radius 3 is 2.47 bits per heavy atom. The van der Waals surface area contributed by atoms with Gasteiger partial charge in [-0.15, -0.1) is 11.6 Å². The first-order valence-corrected chi connectivity index (χ1v) is 6.70. The van der Waals surface area contributed by atoms with Crippen molar-refractivity contribution >= 4 is 17.4 Å². The summed E-state index contributed by atoms with van der Waals surface area (Å²) in [5, 5.41) is 3.37. The fraction of sp³-hybridized carbons (Fsp3) is 0.692. The third-order valence-electron chi connectivity index (χ3n) is 2.57. The summed E-state index contributed by atoms with van der Waals surface area (Å²) < 4.78 is 0. The third-order valence-corrected chi connectivity index (χ3v) is 2.95. The average molecular weight is 256 g/mol. The normalized spacial score (nSPS) is 13.1. The van der Waals surface area contributed by atoms with Crippen LogP contribution in [0.25, 0.3) is 0 Å². The number of hydrogen-bond donors (Lipinski definition) is 1. The predicted octanol–water partition coefficient (Wildman–Crippen LogP) is 3.67. The van der Waals surface area contributed by atoms with E-state index in [0.29, 0.717) is 17.7 Å². The lowest BCUT2D eigenvalue weighted by molar-refractivity contribution is 0.541. The molecule has 0 saturated carbocycles. The van der Waals surface area contributed by atoms with Crippen molar-refractivity contribution in [2.45, 2.75) is 46.1 Å². The predicted molar refractivity (Wildman–Crippen MR) is 73.7 cm³/mol. The van der Waals surface area contributed by atoms with Gasteiger partial charge in [0.15, 0.2) is 0 Å². The molecular formula is C13H22ClN3. The zero-order valence-electron chi connectivity index (χ0n) is 11.1. The SMILES string of the molecule is CC(C)CC(CCl)Nc1cc(C(C)C)ncn1. The molecule has 0 saturated heterocycles. The summed E-state index contributed by atoms with van der Waals surface area (Å²) in [4.78, 5) is 8.48. The Morgan fingerprint density at radius 2 is 1.94 bits per heavy atom. The third kappa shape index (κ3) is 4.90. The van der Waals surface area contributed by atoms with E-state index in [1.165, 1.54) is 0 Å². The van der Waals surface area contributed by atoms with Crippen molar-refractivity contribution in [3.05, 3.63) is 18.1 Å². The first-order chi connectivity index (χ1) is 8.02. The molecule has 3 nitrogen and oxygen atoms in total. The molecule has 0 aliphatic heterocycles. The summed E-state index contributed by atoms with van der Waals surface area (Å²) in [6.45, 7) is 8.64. The summed E-state index contributed by atoms with van der Waals surface area (Å²) in [5.41, 5.74) is 1.06. The van der Waals surface area contributed by atoms with Gasteiger partial charge in [0, 0.05) is 23.7 Å². The van der Waals surface area contributed by atoms with Crippen LogP contribution in [0.2, 0.25) is 0 Å². The fourth-order valence-electron chi connectivity index (χ4n) is 1.71. The quantitative estimate of drug-likeness (QED) is 0.789. The fourth-order valence-corrected chi connectivity index (χ4v) is 1.91. The van der Waals surface area contributed by atoms with Crippen LogP contribution in [0.1, 0.15) is 45.7 Å². The minimum Gasteiger partial charge on any atom is -0.366 e. The van der Waals surface area contributed by atoms with E-state index < -0.39 is 0 Å². The first-order valence-electron chi connectivity index (χ1n) is 6.17. The highest BCUT2D eigenvalue weighted by molar-refractivity contribution is 6.18. The molecule has 1 aromatic heterocycles. The van der Waals surface area contributed by atoms with Crippen LogP contribution in [0.15, 0.2) is 12.4 Å². The van der Waals surface area contributed by atoms with E-state index in [1.807, 2.05) is 6.07 Å². The lowest BCUT2D eigenvalue weighted by Gasteiger charge is -2.19. The second-order valence-electron chi connectivity index (χ2n) is 5.11. The van der Waals surface area contributed by atoms with Crippen molar-refractivity contribution in [3.8, 4) is 0 Å². The topological polar surface area (TPSA) is 37.8 Å². The maximum absolute atomic E-state index is 5.96. The second-order valence-corrected chi connectivity index (χ2v) is 5.42. The molecule has 0 amide bonds. The van der Waals surface area contributed by atoms with Crippen molar-refractivity contribution in [1.82, 2.24) is 9.97 Å². The first kappa shape index (κ1) is 14.2. The van der Waals surface area contributed by atoms with Gasteiger partial charge in [-0.05, 0) is 18.3 Å². The van der Waals surface area contributed by atoms with Crippen molar-refractivity contribution < 1.29 is 0 Å². The maximum atomic E-state index is 5.96. The highest BCUT2D eigenvalue weighted by Crippen LogP contribution is 2.16. The van der Waals surface area contributed by atoms with Crippen LogP contribution in [0.3, 0.4) is 0 Å². The molecule has 0 fully saturated rings. The highest BCUT2D eigenvalue weighted by atomic mass is 35.5. The van der Waals surface area contributed by atoms with E-state index in [0.717, 1.165) is 17.9 Å². The van der Waals surface area contributed by atoms with Crippen LogP contribution in [-0.4, -0.2) is 21.9 Å². The van der Waals surface area contributed by atoms with Gasteiger partial charge in [0.05, 0.1) is 0 Å². The Labute approximate surface area is 109 Å². The number of rotatable bonds is 6. The van der Waals surface area contributed by atoms with E-state index in [9.17, 15) is 0 Å². The molecule has 0 aromatic carbocycles. The minimum atomic E-state index is 0.270. The number of halogens is 1. The van der Waals surface area contributed by atoms with Gasteiger partial charge >= 0.3 is 0 Å². The van der Waals surface area contributed by atoms with Crippen molar-refractivity contribution in [3.63, 3.8) is 0 Å². The molecule has 1 aromatic rings. The van der Waals surface area contributed by atoms with Crippen LogP contribution < -0.4 is 5.32 Å². The number of nitrogens with one attached hydrogen (secondary N) is 1. The van der Waals surface area contributed by atoms with Gasteiger partial charge in [0.1, 0.15) is 12.1 Å². The number of anilines is 1. The molecule has 0 bridgehead atoms. The van der Waals surface area contributed by atoms with Gasteiger partial charge < -0.3 is 5.32 Å². The zero-order chi connectivity index (χ0) is 12.8. The van der Waals surface area contributed by atoms with Gasteiger partial charge in [-0.1, -0.05) is 27.7 Å². The zero-order valence-corrected chi connectivity index (χ0v) is 11.8. The summed E-state index contributed by atoms with van der Waals surface area (Å²) in [6, 6.07) is 2.27. The van der Waals surface area contributed by atoms with Crippen LogP contribution in [-0.2, 0) is 0 Å². The largest absolute Gasteiger partial charge is 0.366 e. The molecule has 4 heteroatoms. The lowest BCUT2D eigenvalue weighted by Crippen LogP contribution is -2.24. The van der Waals surface area contributed by atoms with Crippen LogP contribution in [0.5, 0.6) is 0 Å². The molecule has 96 valence electrons. The van der Waals surface area contributed by atoms with E-state index >= 15 is 0 Å². The number of nitrogens with zero attached hydrogens (tertiary/aromatic N) is 2. The molecular weight excluding hydrogens is 234 g/mol. The van der Waals surface area contributed by atoms with Crippen molar-refractivity contribution in [2.75, 3.05) is 11.2 Å². The van der Waals surface area contributed by atoms with E-state index in [2.05, 4.69) is 43.0 Å². The minimum absolute atomic E-state index is 0.270. The van der Waals surface area contributed by atoms with Gasteiger partial charge in [0.25, 0.3) is 0 Å². The smallest absolute Gasteiger partial charge is 0.129 e. The van der Waals surface area contributed by atoms with Crippen molar-refractivity contribution in [2.24, 2.45) is 5.92 Å². The molecule has 1 N–H and O–H groups in total. The molecule has 0 spiro atoms. The summed E-state index contributed by atoms with van der Waals surface area (Å²) in [7, 11) is 0. The van der Waals surface area contributed by atoms with Crippen molar-refractivity contribution in [1.29, 1.82) is 0 Å². The standard InChI is InChI=1S/C13H22ClN3/c1-9(2)5-11(7-14)17-13-6-12(10(3)4)15-8-16-13/h6,8-11H,5,7H2,1-4H3,(H,15,16,17). The molecule has 1 heterocycles. The van der Waals surface area contributed by atoms with Crippen LogP contribution in [0, 0.1) is 5.92 Å². The number of aromatic nitrogens is 2. The Balaban J connectivity index is 2.69. The Hall–Kier alpha value is -0.830. The maximum Gasteiger partial charge on any atom is 0.129 e. The lowest BCUT2D eigenvalue weighted by atomic mass is 10.1. The van der Waals surface area contributed by atoms with Gasteiger partial charge in [-0.2, -0.15) is 0 Å². The molecule has 1 atom stereocenters.